The molecule has 0 radical (unpaired) electrons. The van der Waals surface area contributed by atoms with Crippen LogP contribution >= 0.6 is 0 Å². The number of hydrogen-bond acceptors (Lipinski definition) is 0. The Hall–Kier alpha value is -0.730. The van der Waals surface area contributed by atoms with Gasteiger partial charge in [0.1, 0.15) is 0 Å². The molecule has 3 heteroatoms. The number of rotatable bonds is 3. The van der Waals surface area contributed by atoms with Gasteiger partial charge in [-0.05, 0) is 30.3 Å². The lowest BCUT2D eigenvalue weighted by Gasteiger charge is -2.25. The average molecular weight is 246 g/mol. The van der Waals surface area contributed by atoms with Gasteiger partial charge < -0.3 is 0 Å². The summed E-state index contributed by atoms with van der Waals surface area (Å²) < 4.78 is 37.6. The minimum atomic E-state index is -4.11. The van der Waals surface area contributed by atoms with E-state index in [4.69, 9.17) is 0 Å². The van der Waals surface area contributed by atoms with E-state index >= 15 is 0 Å². The van der Waals surface area contributed by atoms with Crippen molar-refractivity contribution in [1.82, 2.24) is 0 Å². The molecule has 0 saturated carbocycles. The van der Waals surface area contributed by atoms with Crippen molar-refractivity contribution in [1.29, 1.82) is 0 Å². The van der Waals surface area contributed by atoms with E-state index in [0.29, 0.717) is 11.5 Å². The summed E-state index contributed by atoms with van der Waals surface area (Å²) in [6.45, 7) is 8.02. The third-order valence-electron chi connectivity index (χ3n) is 3.28. The molecule has 0 aromatic heterocycles. The maximum atomic E-state index is 12.5. The predicted octanol–water partition coefficient (Wildman–Crippen LogP) is 5.27. The van der Waals surface area contributed by atoms with Crippen molar-refractivity contribution in [2.45, 2.75) is 53.1 Å². The molecule has 98 valence electrons. The van der Waals surface area contributed by atoms with Crippen LogP contribution in [0, 0.1) is 11.8 Å². The molecule has 0 bridgehead atoms. The first-order valence-corrected chi connectivity index (χ1v) is 6.20. The third-order valence-corrected chi connectivity index (χ3v) is 3.28. The van der Waals surface area contributed by atoms with Gasteiger partial charge in [0, 0.05) is 0 Å². The van der Waals surface area contributed by atoms with Gasteiger partial charge in [-0.15, -0.1) is 0 Å². The van der Waals surface area contributed by atoms with Gasteiger partial charge in [-0.2, -0.15) is 13.2 Å². The van der Waals surface area contributed by atoms with E-state index in [0.717, 1.165) is 24.0 Å². The molecule has 0 aromatic rings. The van der Waals surface area contributed by atoms with E-state index in [2.05, 4.69) is 0 Å². The SMILES string of the molecule is CC(C)C1=CC(CC(F)(F)F)=C(C(C)C)CC1. The van der Waals surface area contributed by atoms with E-state index in [1.165, 1.54) is 0 Å². The zero-order valence-corrected chi connectivity index (χ0v) is 11.0. The molecular formula is C14H21F3. The second kappa shape index (κ2) is 5.28. The first-order valence-electron chi connectivity index (χ1n) is 6.20. The molecule has 1 rings (SSSR count). The van der Waals surface area contributed by atoms with Gasteiger partial charge in [0.05, 0.1) is 6.42 Å². The van der Waals surface area contributed by atoms with E-state index in [9.17, 15) is 13.2 Å². The topological polar surface area (TPSA) is 0 Å². The highest BCUT2D eigenvalue weighted by Crippen LogP contribution is 2.37. The average Bonchev–Trinajstić information content (AvgIpc) is 2.14. The minimum absolute atomic E-state index is 0.206. The first kappa shape index (κ1) is 14.3. The standard InChI is InChI=1S/C14H21F3/c1-9(2)11-5-6-13(10(3)4)12(7-11)8-14(15,16)17/h7,9-10H,5-6,8H2,1-4H3. The normalized spacial score (nSPS) is 18.1. The molecule has 0 spiro atoms. The number of allylic oxidation sites excluding steroid dienone is 4. The van der Waals surface area contributed by atoms with Crippen LogP contribution in [0.15, 0.2) is 22.8 Å². The first-order chi connectivity index (χ1) is 7.70. The zero-order valence-electron chi connectivity index (χ0n) is 11.0. The lowest BCUT2D eigenvalue weighted by Crippen LogP contribution is -2.14. The molecular weight excluding hydrogens is 225 g/mol. The molecule has 0 aliphatic heterocycles. The van der Waals surface area contributed by atoms with Crippen LogP contribution in [0.4, 0.5) is 13.2 Å². The second-order valence-corrected chi connectivity index (χ2v) is 5.37. The summed E-state index contributed by atoms with van der Waals surface area (Å²) in [5, 5.41) is 0. The molecule has 0 nitrogen and oxygen atoms in total. The van der Waals surface area contributed by atoms with Crippen LogP contribution in [0.3, 0.4) is 0 Å². The Balaban J connectivity index is 3.04. The molecule has 0 amide bonds. The van der Waals surface area contributed by atoms with Gasteiger partial charge in [0.25, 0.3) is 0 Å². The van der Waals surface area contributed by atoms with Crippen LogP contribution in [-0.4, -0.2) is 6.18 Å². The minimum Gasteiger partial charge on any atom is -0.171 e. The van der Waals surface area contributed by atoms with Gasteiger partial charge in [0.2, 0.25) is 0 Å². The Morgan fingerprint density at radius 2 is 1.65 bits per heavy atom. The Bertz CT molecular complexity index is 330. The Morgan fingerprint density at radius 1 is 1.06 bits per heavy atom. The van der Waals surface area contributed by atoms with Crippen molar-refractivity contribution < 1.29 is 13.2 Å². The van der Waals surface area contributed by atoms with Gasteiger partial charge >= 0.3 is 6.18 Å². The number of hydrogen-bond donors (Lipinski definition) is 0. The zero-order chi connectivity index (χ0) is 13.2. The van der Waals surface area contributed by atoms with Crippen molar-refractivity contribution in [3.63, 3.8) is 0 Å². The maximum Gasteiger partial charge on any atom is 0.393 e. The molecule has 0 heterocycles. The van der Waals surface area contributed by atoms with Gasteiger partial charge in [-0.1, -0.05) is 44.9 Å². The van der Waals surface area contributed by atoms with E-state index < -0.39 is 12.6 Å². The van der Waals surface area contributed by atoms with Crippen LogP contribution in [0.1, 0.15) is 47.0 Å². The van der Waals surface area contributed by atoms with Crippen LogP contribution < -0.4 is 0 Å². The molecule has 0 saturated heterocycles. The summed E-state index contributed by atoms with van der Waals surface area (Å²) in [4.78, 5) is 0. The van der Waals surface area contributed by atoms with E-state index in [1.807, 2.05) is 27.7 Å². The van der Waals surface area contributed by atoms with Gasteiger partial charge in [0.15, 0.2) is 0 Å². The Morgan fingerprint density at radius 3 is 2.06 bits per heavy atom. The second-order valence-electron chi connectivity index (χ2n) is 5.37. The molecule has 17 heavy (non-hydrogen) atoms. The predicted molar refractivity (Wildman–Crippen MR) is 64.7 cm³/mol. The lowest BCUT2D eigenvalue weighted by molar-refractivity contribution is -0.126. The fourth-order valence-corrected chi connectivity index (χ4v) is 2.32. The highest BCUT2D eigenvalue weighted by molar-refractivity contribution is 5.35. The van der Waals surface area contributed by atoms with Crippen LogP contribution in [0.25, 0.3) is 0 Å². The highest BCUT2D eigenvalue weighted by Gasteiger charge is 2.31. The summed E-state index contributed by atoms with van der Waals surface area (Å²) in [6, 6.07) is 0. The van der Waals surface area contributed by atoms with Crippen molar-refractivity contribution >= 4 is 0 Å². The van der Waals surface area contributed by atoms with E-state index in [-0.39, 0.29) is 5.92 Å². The molecule has 1 aliphatic rings. The van der Waals surface area contributed by atoms with Crippen LogP contribution in [0.2, 0.25) is 0 Å². The summed E-state index contributed by atoms with van der Waals surface area (Å²) in [5.41, 5.74) is 2.63. The maximum absolute atomic E-state index is 12.5. The van der Waals surface area contributed by atoms with Crippen LogP contribution in [-0.2, 0) is 0 Å². The monoisotopic (exact) mass is 246 g/mol. The molecule has 0 atom stereocenters. The fraction of sp³-hybridized carbons (Fsp3) is 0.714. The molecule has 0 aromatic carbocycles. The Labute approximate surface area is 102 Å². The van der Waals surface area contributed by atoms with E-state index in [1.54, 1.807) is 6.08 Å². The number of halogens is 3. The quantitative estimate of drug-likeness (QED) is 0.636. The molecule has 0 fully saturated rings. The largest absolute Gasteiger partial charge is 0.393 e. The van der Waals surface area contributed by atoms with Gasteiger partial charge in [-0.3, -0.25) is 0 Å². The fourth-order valence-electron chi connectivity index (χ4n) is 2.32. The van der Waals surface area contributed by atoms with Crippen molar-refractivity contribution in [2.75, 3.05) is 0 Å². The number of alkyl halides is 3. The summed E-state index contributed by atoms with van der Waals surface area (Å²) in [6.07, 6.45) is -1.40. The molecule has 1 aliphatic carbocycles. The summed E-state index contributed by atoms with van der Waals surface area (Å²) in [7, 11) is 0. The lowest BCUT2D eigenvalue weighted by atomic mass is 9.82. The van der Waals surface area contributed by atoms with Crippen molar-refractivity contribution in [3.05, 3.63) is 22.8 Å². The molecule has 0 unspecified atom stereocenters. The van der Waals surface area contributed by atoms with Crippen LogP contribution in [0.5, 0.6) is 0 Å². The van der Waals surface area contributed by atoms with Crippen molar-refractivity contribution in [2.24, 2.45) is 11.8 Å². The molecule has 0 N–H and O–H groups in total. The van der Waals surface area contributed by atoms with Gasteiger partial charge in [-0.25, -0.2) is 0 Å². The third kappa shape index (κ3) is 4.21. The summed E-state index contributed by atoms with van der Waals surface area (Å²) in [5.74, 6) is 0.546. The summed E-state index contributed by atoms with van der Waals surface area (Å²) >= 11 is 0. The van der Waals surface area contributed by atoms with Crippen molar-refractivity contribution in [3.8, 4) is 0 Å². The highest BCUT2D eigenvalue weighted by atomic mass is 19.4. The smallest absolute Gasteiger partial charge is 0.171 e. The Kier molecular flexibility index (Phi) is 4.45.